The van der Waals surface area contributed by atoms with Crippen LogP contribution >= 0.6 is 22.9 Å². The summed E-state index contributed by atoms with van der Waals surface area (Å²) in [5, 5.41) is 4.22. The van der Waals surface area contributed by atoms with Crippen molar-refractivity contribution in [2.24, 2.45) is 0 Å². The van der Waals surface area contributed by atoms with E-state index in [2.05, 4.69) is 15.3 Å². The molecule has 0 fully saturated rings. The molecular weight excluding hydrogens is 306 g/mol. The lowest BCUT2D eigenvalue weighted by atomic mass is 10.0. The molecule has 0 aliphatic heterocycles. The van der Waals surface area contributed by atoms with Gasteiger partial charge in [-0.3, -0.25) is 4.79 Å². The minimum Gasteiger partial charge on any atom is -0.352 e. The Morgan fingerprint density at radius 1 is 1.38 bits per heavy atom. The molecule has 0 unspecified atom stereocenters. The number of halogens is 1. The maximum Gasteiger partial charge on any atom is 0.254 e. The molecule has 0 aromatic carbocycles. The van der Waals surface area contributed by atoms with Crippen LogP contribution in [-0.4, -0.2) is 22.4 Å². The summed E-state index contributed by atoms with van der Waals surface area (Å²) in [5.74, 6) is -0.186. The number of rotatable bonds is 4. The fourth-order valence-corrected chi connectivity index (χ4v) is 3.81. The van der Waals surface area contributed by atoms with Gasteiger partial charge in [0.25, 0.3) is 5.91 Å². The Labute approximate surface area is 132 Å². The number of aryl methyl sites for hydroxylation is 2. The molecule has 0 spiro atoms. The van der Waals surface area contributed by atoms with Crippen molar-refractivity contribution in [3.63, 3.8) is 0 Å². The molecule has 2 aromatic rings. The number of fused-ring (bicyclic) bond motifs is 1. The highest BCUT2D eigenvalue weighted by atomic mass is 35.5. The Hall–Kier alpha value is -1.46. The van der Waals surface area contributed by atoms with Crippen molar-refractivity contribution in [1.29, 1.82) is 0 Å². The predicted molar refractivity (Wildman–Crippen MR) is 84.0 cm³/mol. The van der Waals surface area contributed by atoms with Gasteiger partial charge in [-0.05, 0) is 37.8 Å². The zero-order chi connectivity index (χ0) is 14.7. The molecule has 3 rings (SSSR count). The van der Waals surface area contributed by atoms with Gasteiger partial charge >= 0.3 is 0 Å². The maximum absolute atomic E-state index is 12.0. The third-order valence-corrected chi connectivity index (χ3v) is 5.04. The number of amides is 1. The van der Waals surface area contributed by atoms with Crippen LogP contribution < -0.4 is 5.32 Å². The van der Waals surface area contributed by atoms with Crippen molar-refractivity contribution < 1.29 is 4.79 Å². The second kappa shape index (κ2) is 6.54. The fraction of sp³-hybridized carbons (Fsp3) is 0.400. The van der Waals surface area contributed by atoms with Gasteiger partial charge in [0, 0.05) is 24.0 Å². The van der Waals surface area contributed by atoms with E-state index in [0.717, 1.165) is 24.3 Å². The van der Waals surface area contributed by atoms with Gasteiger partial charge in [0.05, 0.1) is 16.3 Å². The quantitative estimate of drug-likeness (QED) is 0.881. The number of aromatic nitrogens is 2. The number of carbonyl (C=O) groups is 1. The van der Waals surface area contributed by atoms with Crippen LogP contribution in [0.3, 0.4) is 0 Å². The lowest BCUT2D eigenvalue weighted by molar-refractivity contribution is 0.0954. The highest BCUT2D eigenvalue weighted by molar-refractivity contribution is 7.11. The molecule has 0 saturated carbocycles. The SMILES string of the molecule is O=C(NCCc1nc2c(s1)CCCC2)c1cccnc1Cl. The molecule has 0 bridgehead atoms. The van der Waals surface area contributed by atoms with E-state index in [1.807, 2.05) is 0 Å². The molecule has 1 N–H and O–H groups in total. The van der Waals surface area contributed by atoms with E-state index in [-0.39, 0.29) is 11.1 Å². The topological polar surface area (TPSA) is 54.9 Å². The van der Waals surface area contributed by atoms with Crippen molar-refractivity contribution >= 4 is 28.8 Å². The summed E-state index contributed by atoms with van der Waals surface area (Å²) in [5.41, 5.74) is 1.68. The van der Waals surface area contributed by atoms with Crippen molar-refractivity contribution in [1.82, 2.24) is 15.3 Å². The van der Waals surface area contributed by atoms with E-state index < -0.39 is 0 Å². The molecule has 2 aromatic heterocycles. The first-order valence-corrected chi connectivity index (χ1v) is 8.29. The summed E-state index contributed by atoms with van der Waals surface area (Å²) in [6.07, 6.45) is 7.10. The average molecular weight is 322 g/mol. The Bertz CT molecular complexity index is 633. The molecule has 21 heavy (non-hydrogen) atoms. The number of carbonyl (C=O) groups excluding carboxylic acids is 1. The predicted octanol–water partition coefficient (Wildman–Crippen LogP) is 3.04. The summed E-state index contributed by atoms with van der Waals surface area (Å²) in [4.78, 5) is 22.0. The zero-order valence-electron chi connectivity index (χ0n) is 11.6. The Morgan fingerprint density at radius 3 is 3.05 bits per heavy atom. The number of hydrogen-bond acceptors (Lipinski definition) is 4. The average Bonchev–Trinajstić information content (AvgIpc) is 2.90. The number of pyridine rings is 1. The highest BCUT2D eigenvalue weighted by Crippen LogP contribution is 2.26. The summed E-state index contributed by atoms with van der Waals surface area (Å²) >= 11 is 7.69. The molecule has 0 radical (unpaired) electrons. The van der Waals surface area contributed by atoms with Gasteiger partial charge in [0.1, 0.15) is 5.15 Å². The maximum atomic E-state index is 12.0. The van der Waals surface area contributed by atoms with Crippen LogP contribution in [0.15, 0.2) is 18.3 Å². The minimum atomic E-state index is -0.186. The van der Waals surface area contributed by atoms with Gasteiger partial charge < -0.3 is 5.32 Å². The number of nitrogens with one attached hydrogen (secondary N) is 1. The van der Waals surface area contributed by atoms with E-state index in [4.69, 9.17) is 11.6 Å². The van der Waals surface area contributed by atoms with Crippen LogP contribution in [0.1, 0.15) is 38.8 Å². The number of thiazole rings is 1. The Kier molecular flexibility index (Phi) is 4.51. The van der Waals surface area contributed by atoms with Crippen molar-refractivity contribution in [2.75, 3.05) is 6.54 Å². The molecular formula is C15H16ClN3OS. The van der Waals surface area contributed by atoms with E-state index in [1.165, 1.54) is 23.4 Å². The third-order valence-electron chi connectivity index (χ3n) is 3.52. The fourth-order valence-electron chi connectivity index (χ4n) is 2.45. The van der Waals surface area contributed by atoms with Crippen LogP contribution in [0.2, 0.25) is 5.15 Å². The second-order valence-electron chi connectivity index (χ2n) is 5.03. The molecule has 4 nitrogen and oxygen atoms in total. The first-order valence-electron chi connectivity index (χ1n) is 7.10. The monoisotopic (exact) mass is 321 g/mol. The van der Waals surface area contributed by atoms with Gasteiger partial charge in [-0.1, -0.05) is 11.6 Å². The highest BCUT2D eigenvalue weighted by Gasteiger charge is 2.15. The van der Waals surface area contributed by atoms with Crippen LogP contribution in [0, 0.1) is 0 Å². The van der Waals surface area contributed by atoms with Gasteiger partial charge in [-0.25, -0.2) is 9.97 Å². The van der Waals surface area contributed by atoms with E-state index >= 15 is 0 Å². The molecule has 0 saturated heterocycles. The molecule has 6 heteroatoms. The lowest BCUT2D eigenvalue weighted by Gasteiger charge is -2.06. The van der Waals surface area contributed by atoms with Gasteiger partial charge in [-0.2, -0.15) is 0 Å². The molecule has 1 aliphatic carbocycles. The normalized spacial score (nSPS) is 13.8. The Balaban J connectivity index is 1.55. The van der Waals surface area contributed by atoms with Crippen LogP contribution in [-0.2, 0) is 19.3 Å². The second-order valence-corrected chi connectivity index (χ2v) is 6.56. The molecule has 1 amide bonds. The molecule has 2 heterocycles. The summed E-state index contributed by atoms with van der Waals surface area (Å²) in [7, 11) is 0. The van der Waals surface area contributed by atoms with Gasteiger partial charge in [0.15, 0.2) is 0 Å². The zero-order valence-corrected chi connectivity index (χ0v) is 13.1. The lowest BCUT2D eigenvalue weighted by Crippen LogP contribution is -2.26. The number of nitrogens with zero attached hydrogens (tertiary/aromatic N) is 2. The first kappa shape index (κ1) is 14.5. The standard InChI is InChI=1S/C15H16ClN3OS/c16-14-10(4-3-8-17-14)15(20)18-9-7-13-19-11-5-1-2-6-12(11)21-13/h3-4,8H,1-2,5-7,9H2,(H,18,20). The van der Waals surface area contributed by atoms with Gasteiger partial charge in [0.2, 0.25) is 0 Å². The first-order chi connectivity index (χ1) is 10.2. The summed E-state index contributed by atoms with van der Waals surface area (Å²) in [6.45, 7) is 0.566. The van der Waals surface area contributed by atoms with Crippen molar-refractivity contribution in [2.45, 2.75) is 32.1 Å². The smallest absolute Gasteiger partial charge is 0.254 e. The summed E-state index contributed by atoms with van der Waals surface area (Å²) in [6, 6.07) is 3.38. The third kappa shape index (κ3) is 3.41. The minimum absolute atomic E-state index is 0.186. The summed E-state index contributed by atoms with van der Waals surface area (Å²) < 4.78 is 0. The van der Waals surface area contributed by atoms with E-state index in [9.17, 15) is 4.79 Å². The van der Waals surface area contributed by atoms with Crippen LogP contribution in [0.5, 0.6) is 0 Å². The van der Waals surface area contributed by atoms with Crippen molar-refractivity contribution in [3.05, 3.63) is 44.6 Å². The Morgan fingerprint density at radius 2 is 2.24 bits per heavy atom. The van der Waals surface area contributed by atoms with Gasteiger partial charge in [-0.15, -0.1) is 11.3 Å². The molecule has 1 aliphatic rings. The molecule has 0 atom stereocenters. The van der Waals surface area contributed by atoms with E-state index in [0.29, 0.717) is 12.1 Å². The largest absolute Gasteiger partial charge is 0.352 e. The van der Waals surface area contributed by atoms with E-state index in [1.54, 1.807) is 29.7 Å². The van der Waals surface area contributed by atoms with Crippen LogP contribution in [0.4, 0.5) is 0 Å². The number of hydrogen-bond donors (Lipinski definition) is 1. The van der Waals surface area contributed by atoms with Crippen LogP contribution in [0.25, 0.3) is 0 Å². The van der Waals surface area contributed by atoms with Crippen molar-refractivity contribution in [3.8, 4) is 0 Å². The molecule has 110 valence electrons.